The predicted molar refractivity (Wildman–Crippen MR) is 106 cm³/mol. The van der Waals surface area contributed by atoms with Crippen molar-refractivity contribution < 1.29 is 9.66 Å². The molecule has 0 radical (unpaired) electrons. The van der Waals surface area contributed by atoms with E-state index in [1.54, 1.807) is 12.1 Å². The Morgan fingerprint density at radius 3 is 2.85 bits per heavy atom. The van der Waals surface area contributed by atoms with E-state index in [-0.39, 0.29) is 34.6 Å². The first-order valence-electron chi connectivity index (χ1n) is 9.55. The number of hydrogen-bond donors (Lipinski definition) is 1. The van der Waals surface area contributed by atoms with E-state index in [0.717, 1.165) is 29.8 Å². The first-order valence-corrected chi connectivity index (χ1v) is 9.55. The standard InChI is InChI=1S/C22H24N2O3/c1-3-14(2)27-15-11-12-20-19(13-15)16-8-6-9-17(16)22(23-20)18-7-4-5-10-21(18)24(25)26/h4-8,10-14,16-17,22-23H,3,9H2,1-2H3. The summed E-state index contributed by atoms with van der Waals surface area (Å²) in [5.41, 5.74) is 3.18. The summed E-state index contributed by atoms with van der Waals surface area (Å²) in [4.78, 5) is 11.2. The summed E-state index contributed by atoms with van der Waals surface area (Å²) in [7, 11) is 0. The Bertz CT molecular complexity index is 893. The van der Waals surface area contributed by atoms with Gasteiger partial charge in [0.15, 0.2) is 0 Å². The van der Waals surface area contributed by atoms with Gasteiger partial charge in [0.2, 0.25) is 0 Å². The van der Waals surface area contributed by atoms with Crippen molar-refractivity contribution in [3.05, 3.63) is 75.9 Å². The molecule has 0 amide bonds. The number of hydrogen-bond acceptors (Lipinski definition) is 4. The molecular weight excluding hydrogens is 340 g/mol. The molecule has 140 valence electrons. The van der Waals surface area contributed by atoms with Gasteiger partial charge in [-0.2, -0.15) is 0 Å². The van der Waals surface area contributed by atoms with E-state index in [0.29, 0.717) is 0 Å². The number of benzene rings is 2. The Morgan fingerprint density at radius 2 is 2.07 bits per heavy atom. The number of nitrogens with one attached hydrogen (secondary N) is 1. The number of fused-ring (bicyclic) bond motifs is 3. The molecular formula is C22H24N2O3. The SMILES string of the molecule is CCC(C)Oc1ccc2c(c1)C1C=CCC1C(c1ccccc1[N+](=O)[O-])N2. The molecule has 0 fully saturated rings. The van der Waals surface area contributed by atoms with Crippen molar-refractivity contribution in [2.45, 2.75) is 44.8 Å². The number of anilines is 1. The fourth-order valence-electron chi connectivity index (χ4n) is 4.19. The molecule has 1 aliphatic heterocycles. The van der Waals surface area contributed by atoms with Gasteiger partial charge in [-0.1, -0.05) is 37.3 Å². The zero-order valence-electron chi connectivity index (χ0n) is 15.6. The number of allylic oxidation sites excluding steroid dienone is 2. The fourth-order valence-corrected chi connectivity index (χ4v) is 4.19. The van der Waals surface area contributed by atoms with E-state index in [2.05, 4.69) is 37.4 Å². The minimum atomic E-state index is -0.285. The van der Waals surface area contributed by atoms with Gasteiger partial charge in [-0.05, 0) is 49.4 Å². The normalized spacial score (nSPS) is 23.9. The second-order valence-electron chi connectivity index (χ2n) is 7.38. The van der Waals surface area contributed by atoms with Gasteiger partial charge in [0, 0.05) is 17.7 Å². The highest BCUT2D eigenvalue weighted by Gasteiger charge is 2.40. The lowest BCUT2D eigenvalue weighted by Gasteiger charge is -2.37. The Hall–Kier alpha value is -2.82. The molecule has 0 saturated carbocycles. The number of nitrogens with zero attached hydrogens (tertiary/aromatic N) is 1. The summed E-state index contributed by atoms with van der Waals surface area (Å²) < 4.78 is 6.00. The van der Waals surface area contributed by atoms with Crippen molar-refractivity contribution in [2.75, 3.05) is 5.32 Å². The molecule has 0 saturated heterocycles. The van der Waals surface area contributed by atoms with E-state index in [1.165, 1.54) is 5.56 Å². The average molecular weight is 364 g/mol. The maximum absolute atomic E-state index is 11.5. The Kier molecular flexibility index (Phi) is 4.60. The van der Waals surface area contributed by atoms with E-state index >= 15 is 0 Å². The van der Waals surface area contributed by atoms with Gasteiger partial charge in [0.1, 0.15) is 5.75 Å². The molecule has 0 spiro atoms. The quantitative estimate of drug-likeness (QED) is 0.426. The zero-order valence-corrected chi connectivity index (χ0v) is 15.6. The predicted octanol–water partition coefficient (Wildman–Crippen LogP) is 5.60. The molecule has 5 heteroatoms. The summed E-state index contributed by atoms with van der Waals surface area (Å²) >= 11 is 0. The Labute approximate surface area is 159 Å². The van der Waals surface area contributed by atoms with Gasteiger partial charge < -0.3 is 10.1 Å². The number of nitro groups is 1. The van der Waals surface area contributed by atoms with Crippen molar-refractivity contribution in [3.63, 3.8) is 0 Å². The molecule has 4 unspecified atom stereocenters. The van der Waals surface area contributed by atoms with Crippen LogP contribution in [0.1, 0.15) is 49.8 Å². The lowest BCUT2D eigenvalue weighted by atomic mass is 9.76. The van der Waals surface area contributed by atoms with Gasteiger partial charge >= 0.3 is 0 Å². The Morgan fingerprint density at radius 1 is 1.26 bits per heavy atom. The maximum Gasteiger partial charge on any atom is 0.274 e. The van der Waals surface area contributed by atoms with Gasteiger partial charge in [-0.3, -0.25) is 10.1 Å². The maximum atomic E-state index is 11.5. The zero-order chi connectivity index (χ0) is 19.0. The van der Waals surface area contributed by atoms with E-state index in [9.17, 15) is 10.1 Å². The van der Waals surface area contributed by atoms with Gasteiger partial charge in [0.25, 0.3) is 5.69 Å². The lowest BCUT2D eigenvalue weighted by Crippen LogP contribution is -2.29. The number of rotatable bonds is 5. The molecule has 1 aliphatic carbocycles. The Balaban J connectivity index is 1.72. The van der Waals surface area contributed by atoms with E-state index in [1.807, 2.05) is 24.3 Å². The van der Waals surface area contributed by atoms with Crippen molar-refractivity contribution in [3.8, 4) is 5.75 Å². The smallest absolute Gasteiger partial charge is 0.274 e. The van der Waals surface area contributed by atoms with Gasteiger partial charge in [-0.25, -0.2) is 0 Å². The lowest BCUT2D eigenvalue weighted by molar-refractivity contribution is -0.385. The third-order valence-corrected chi connectivity index (χ3v) is 5.71. The first-order chi connectivity index (χ1) is 13.1. The van der Waals surface area contributed by atoms with Crippen LogP contribution in [0.15, 0.2) is 54.6 Å². The van der Waals surface area contributed by atoms with Crippen LogP contribution in [0.4, 0.5) is 11.4 Å². The topological polar surface area (TPSA) is 64.4 Å². The summed E-state index contributed by atoms with van der Waals surface area (Å²) in [5, 5.41) is 15.1. The summed E-state index contributed by atoms with van der Waals surface area (Å²) in [6.45, 7) is 4.18. The number of nitro benzene ring substituents is 1. The van der Waals surface area contributed by atoms with Crippen LogP contribution in [-0.4, -0.2) is 11.0 Å². The minimum Gasteiger partial charge on any atom is -0.491 e. The molecule has 2 aliphatic rings. The van der Waals surface area contributed by atoms with Crippen molar-refractivity contribution >= 4 is 11.4 Å². The highest BCUT2D eigenvalue weighted by molar-refractivity contribution is 5.63. The van der Waals surface area contributed by atoms with Crippen molar-refractivity contribution in [2.24, 2.45) is 5.92 Å². The van der Waals surface area contributed by atoms with Crippen LogP contribution < -0.4 is 10.1 Å². The van der Waals surface area contributed by atoms with E-state index < -0.39 is 0 Å². The van der Waals surface area contributed by atoms with Crippen LogP contribution in [0.25, 0.3) is 0 Å². The molecule has 5 nitrogen and oxygen atoms in total. The van der Waals surface area contributed by atoms with Crippen LogP contribution in [-0.2, 0) is 0 Å². The molecule has 2 aromatic rings. The molecule has 0 aromatic heterocycles. The van der Waals surface area contributed by atoms with Crippen molar-refractivity contribution in [1.29, 1.82) is 0 Å². The van der Waals surface area contributed by atoms with Gasteiger partial charge in [-0.15, -0.1) is 0 Å². The molecule has 1 heterocycles. The molecule has 2 aromatic carbocycles. The molecule has 27 heavy (non-hydrogen) atoms. The first kappa shape index (κ1) is 17.6. The second kappa shape index (κ2) is 7.06. The average Bonchev–Trinajstić information content (AvgIpc) is 3.17. The van der Waals surface area contributed by atoms with Crippen LogP contribution in [0.2, 0.25) is 0 Å². The van der Waals surface area contributed by atoms with Crippen LogP contribution in [0.3, 0.4) is 0 Å². The minimum absolute atomic E-state index is 0.0829. The fraction of sp³-hybridized carbons (Fsp3) is 0.364. The molecule has 1 N–H and O–H groups in total. The molecule has 4 rings (SSSR count). The molecule has 4 atom stereocenters. The number of para-hydroxylation sites is 1. The van der Waals surface area contributed by atoms with E-state index in [4.69, 9.17) is 4.74 Å². The highest BCUT2D eigenvalue weighted by atomic mass is 16.6. The summed E-state index contributed by atoms with van der Waals surface area (Å²) in [6, 6.07) is 13.1. The second-order valence-corrected chi connectivity index (χ2v) is 7.38. The number of ether oxygens (including phenoxy) is 1. The van der Waals surface area contributed by atoms with Crippen LogP contribution in [0, 0.1) is 16.0 Å². The molecule has 0 bridgehead atoms. The van der Waals surface area contributed by atoms with Gasteiger partial charge in [0.05, 0.1) is 22.6 Å². The van der Waals surface area contributed by atoms with Crippen molar-refractivity contribution in [1.82, 2.24) is 0 Å². The largest absolute Gasteiger partial charge is 0.491 e. The summed E-state index contributed by atoms with van der Waals surface area (Å²) in [6.07, 6.45) is 6.47. The van der Waals surface area contributed by atoms with Crippen LogP contribution >= 0.6 is 0 Å². The highest BCUT2D eigenvalue weighted by Crippen LogP contribution is 2.51. The summed E-state index contributed by atoms with van der Waals surface area (Å²) in [5.74, 6) is 1.39. The third-order valence-electron chi connectivity index (χ3n) is 5.71. The third kappa shape index (κ3) is 3.18. The van der Waals surface area contributed by atoms with Crippen LogP contribution in [0.5, 0.6) is 5.75 Å². The monoisotopic (exact) mass is 364 g/mol.